The predicted molar refractivity (Wildman–Crippen MR) is 58.5 cm³/mol. The Morgan fingerprint density at radius 2 is 2.23 bits per heavy atom. The monoisotopic (exact) mass is 221 g/mol. The summed E-state index contributed by atoms with van der Waals surface area (Å²) in [4.78, 5) is 5.29. The van der Waals surface area contributed by atoms with Gasteiger partial charge >= 0.3 is 0 Å². The van der Waals surface area contributed by atoms with Gasteiger partial charge in [-0.3, -0.25) is 0 Å². The number of nitrogens with zero attached hydrogens (tertiary/aromatic N) is 1. The van der Waals surface area contributed by atoms with E-state index in [4.69, 9.17) is 16.4 Å². The second-order valence-corrected chi connectivity index (χ2v) is 6.30. The molecule has 0 aliphatic carbocycles. The summed E-state index contributed by atoms with van der Waals surface area (Å²) < 4.78 is 0.262. The minimum absolute atomic E-state index is 0.191. The molecular formula is C9H16ClNOS. The average molecular weight is 222 g/mol. The number of rotatable bonds is 2. The molecule has 0 N–H and O–H groups in total. The van der Waals surface area contributed by atoms with Crippen molar-refractivity contribution >= 4 is 23.4 Å². The van der Waals surface area contributed by atoms with Gasteiger partial charge in [0.2, 0.25) is 0 Å². The fourth-order valence-corrected chi connectivity index (χ4v) is 1.79. The van der Waals surface area contributed by atoms with Gasteiger partial charge in [0.1, 0.15) is 6.26 Å². The van der Waals surface area contributed by atoms with E-state index in [2.05, 4.69) is 20.8 Å². The molecule has 4 heteroatoms. The van der Waals surface area contributed by atoms with Crippen molar-refractivity contribution in [2.75, 3.05) is 5.88 Å². The van der Waals surface area contributed by atoms with E-state index in [1.54, 1.807) is 6.26 Å². The molecule has 76 valence electrons. The maximum absolute atomic E-state index is 5.89. The maximum atomic E-state index is 5.89. The zero-order valence-electron chi connectivity index (χ0n) is 8.50. The van der Waals surface area contributed by atoms with Crippen molar-refractivity contribution in [1.29, 1.82) is 0 Å². The van der Waals surface area contributed by atoms with Crippen LogP contribution in [0.5, 0.6) is 0 Å². The fraction of sp³-hybridized carbons (Fsp3) is 0.778. The molecular weight excluding hydrogens is 206 g/mol. The van der Waals surface area contributed by atoms with Crippen molar-refractivity contribution in [3.63, 3.8) is 0 Å². The first-order chi connectivity index (χ1) is 5.90. The summed E-state index contributed by atoms with van der Waals surface area (Å²) in [5, 5.41) is 2.66. The summed E-state index contributed by atoms with van der Waals surface area (Å²) in [7, 11) is 0. The second kappa shape index (κ2) is 4.11. The van der Waals surface area contributed by atoms with E-state index in [0.29, 0.717) is 0 Å². The standard InChI is InChI=1S/C9H16ClNOS/c1-7-8(10)5-12-11(7)6-13-9(2,3)4/h5,7H,6H2,1-4H3. The van der Waals surface area contributed by atoms with Gasteiger partial charge in [-0.2, -0.15) is 0 Å². The number of halogens is 1. The molecule has 0 saturated carbocycles. The molecule has 0 aromatic carbocycles. The van der Waals surface area contributed by atoms with E-state index in [0.717, 1.165) is 10.9 Å². The van der Waals surface area contributed by atoms with Crippen LogP contribution < -0.4 is 0 Å². The maximum Gasteiger partial charge on any atom is 0.127 e. The first kappa shape index (κ1) is 11.2. The Hall–Kier alpha value is 0.140. The summed E-state index contributed by atoms with van der Waals surface area (Å²) in [5.41, 5.74) is 0. The number of hydrogen-bond acceptors (Lipinski definition) is 3. The van der Waals surface area contributed by atoms with Gasteiger partial charge in [0.25, 0.3) is 0 Å². The third-order valence-electron chi connectivity index (χ3n) is 1.76. The summed E-state index contributed by atoms with van der Waals surface area (Å²) in [6.07, 6.45) is 1.61. The Bertz CT molecular complexity index is 212. The third kappa shape index (κ3) is 3.41. The van der Waals surface area contributed by atoms with Crippen LogP contribution in [0.25, 0.3) is 0 Å². The minimum atomic E-state index is 0.191. The second-order valence-electron chi connectivity index (χ2n) is 4.09. The molecule has 0 fully saturated rings. The Morgan fingerprint density at radius 3 is 2.62 bits per heavy atom. The first-order valence-corrected chi connectivity index (χ1v) is 5.69. The quantitative estimate of drug-likeness (QED) is 0.711. The van der Waals surface area contributed by atoms with Crippen LogP contribution in [0, 0.1) is 0 Å². The normalized spacial score (nSPS) is 24.4. The molecule has 1 aliphatic heterocycles. The van der Waals surface area contributed by atoms with Crippen LogP contribution in [0.1, 0.15) is 27.7 Å². The highest BCUT2D eigenvalue weighted by Crippen LogP contribution is 2.29. The van der Waals surface area contributed by atoms with Crippen LogP contribution in [-0.4, -0.2) is 21.7 Å². The Morgan fingerprint density at radius 1 is 1.62 bits per heavy atom. The molecule has 0 saturated heterocycles. The molecule has 1 unspecified atom stereocenters. The van der Waals surface area contributed by atoms with Gasteiger partial charge in [0, 0.05) is 4.75 Å². The lowest BCUT2D eigenvalue weighted by Crippen LogP contribution is -2.28. The molecule has 0 bridgehead atoms. The molecule has 1 heterocycles. The highest BCUT2D eigenvalue weighted by atomic mass is 35.5. The van der Waals surface area contributed by atoms with Gasteiger partial charge in [-0.15, -0.1) is 16.8 Å². The number of hydroxylamine groups is 2. The lowest BCUT2D eigenvalue weighted by molar-refractivity contribution is -0.0813. The molecule has 0 aromatic heterocycles. The lowest BCUT2D eigenvalue weighted by atomic mass is 10.3. The highest BCUT2D eigenvalue weighted by molar-refractivity contribution is 8.00. The van der Waals surface area contributed by atoms with Gasteiger partial charge < -0.3 is 4.84 Å². The SMILES string of the molecule is CC1C(Cl)=CON1CSC(C)(C)C. The molecule has 1 atom stereocenters. The topological polar surface area (TPSA) is 12.5 Å². The van der Waals surface area contributed by atoms with Crippen molar-refractivity contribution in [3.8, 4) is 0 Å². The Kier molecular flexibility index (Phi) is 3.55. The van der Waals surface area contributed by atoms with E-state index in [9.17, 15) is 0 Å². The summed E-state index contributed by atoms with van der Waals surface area (Å²) in [5.74, 6) is 0.845. The molecule has 0 amide bonds. The van der Waals surface area contributed by atoms with Gasteiger partial charge in [-0.1, -0.05) is 32.4 Å². The summed E-state index contributed by atoms with van der Waals surface area (Å²) in [6.45, 7) is 8.60. The van der Waals surface area contributed by atoms with Crippen LogP contribution in [0.3, 0.4) is 0 Å². The molecule has 2 nitrogen and oxygen atoms in total. The largest absolute Gasteiger partial charge is 0.411 e. The van der Waals surface area contributed by atoms with Gasteiger partial charge in [-0.05, 0) is 6.92 Å². The van der Waals surface area contributed by atoms with Gasteiger partial charge in [0.05, 0.1) is 17.0 Å². The van der Waals surface area contributed by atoms with E-state index in [-0.39, 0.29) is 10.8 Å². The lowest BCUT2D eigenvalue weighted by Gasteiger charge is -2.24. The van der Waals surface area contributed by atoms with Crippen LogP contribution in [0.2, 0.25) is 0 Å². The van der Waals surface area contributed by atoms with E-state index in [1.165, 1.54) is 0 Å². The molecule has 0 radical (unpaired) electrons. The zero-order chi connectivity index (χ0) is 10.1. The third-order valence-corrected chi connectivity index (χ3v) is 3.41. The van der Waals surface area contributed by atoms with Crippen molar-refractivity contribution in [2.24, 2.45) is 0 Å². The van der Waals surface area contributed by atoms with Crippen molar-refractivity contribution in [2.45, 2.75) is 38.5 Å². The number of hydrogen-bond donors (Lipinski definition) is 0. The predicted octanol–water partition coefficient (Wildman–Crippen LogP) is 3.19. The van der Waals surface area contributed by atoms with Crippen LogP contribution in [0.4, 0.5) is 0 Å². The smallest absolute Gasteiger partial charge is 0.127 e. The van der Waals surface area contributed by atoms with Crippen LogP contribution >= 0.6 is 23.4 Å². The van der Waals surface area contributed by atoms with E-state index >= 15 is 0 Å². The number of thioether (sulfide) groups is 1. The zero-order valence-corrected chi connectivity index (χ0v) is 10.1. The molecule has 0 aromatic rings. The van der Waals surface area contributed by atoms with Crippen molar-refractivity contribution in [3.05, 3.63) is 11.3 Å². The first-order valence-electron chi connectivity index (χ1n) is 4.33. The summed E-state index contributed by atoms with van der Waals surface area (Å²) >= 11 is 7.74. The van der Waals surface area contributed by atoms with Crippen molar-refractivity contribution < 1.29 is 4.84 Å². The molecule has 1 aliphatic rings. The molecule has 13 heavy (non-hydrogen) atoms. The average Bonchev–Trinajstić information content (AvgIpc) is 2.29. The van der Waals surface area contributed by atoms with E-state index < -0.39 is 0 Å². The van der Waals surface area contributed by atoms with Gasteiger partial charge in [-0.25, -0.2) is 0 Å². The summed E-state index contributed by atoms with van der Waals surface area (Å²) in [6, 6.07) is 0.191. The fourth-order valence-electron chi connectivity index (χ4n) is 0.845. The van der Waals surface area contributed by atoms with Crippen molar-refractivity contribution in [1.82, 2.24) is 5.06 Å². The Balaban J connectivity index is 2.33. The Labute approximate surface area is 89.2 Å². The minimum Gasteiger partial charge on any atom is -0.411 e. The van der Waals surface area contributed by atoms with E-state index in [1.807, 2.05) is 23.7 Å². The van der Waals surface area contributed by atoms with Gasteiger partial charge in [0.15, 0.2) is 0 Å². The molecule has 1 rings (SSSR count). The molecule has 0 spiro atoms. The van der Waals surface area contributed by atoms with Crippen LogP contribution in [-0.2, 0) is 4.84 Å². The highest BCUT2D eigenvalue weighted by Gasteiger charge is 2.25. The van der Waals surface area contributed by atoms with Crippen LogP contribution in [0.15, 0.2) is 11.3 Å².